The Morgan fingerprint density at radius 2 is 2.50 bits per heavy atom. The Kier molecular flexibility index (Phi) is 1.57. The number of nitrogens with one attached hydrogen (secondary N) is 1. The molecule has 0 atom stereocenters. The zero-order valence-corrected chi connectivity index (χ0v) is 4.96. The van der Waals surface area contributed by atoms with Crippen molar-refractivity contribution in [3.8, 4) is 0 Å². The highest BCUT2D eigenvalue weighted by molar-refractivity contribution is 5.69. The molecule has 0 spiro atoms. The van der Waals surface area contributed by atoms with Gasteiger partial charge in [-0.05, 0) is 0 Å². The highest BCUT2D eigenvalue weighted by atomic mass is 16.5. The molecule has 0 saturated carbocycles. The summed E-state index contributed by atoms with van der Waals surface area (Å²) in [5.41, 5.74) is -0.284. The van der Waals surface area contributed by atoms with Crippen molar-refractivity contribution < 1.29 is 14.4 Å². The van der Waals surface area contributed by atoms with E-state index in [1.807, 2.05) is 0 Å². The number of carbonyl (C=O) groups is 1. The largest absolute Gasteiger partial charge is 0.481 e. The van der Waals surface area contributed by atoms with E-state index in [9.17, 15) is 9.59 Å². The van der Waals surface area contributed by atoms with Gasteiger partial charge in [0.15, 0.2) is 0 Å². The molecular weight excluding hydrogens is 138 g/mol. The Morgan fingerprint density at radius 3 is 2.90 bits per heavy atom. The van der Waals surface area contributed by atoms with Crippen LogP contribution in [0.25, 0.3) is 0 Å². The van der Waals surface area contributed by atoms with E-state index in [-0.39, 0.29) is 12.1 Å². The number of carboxylic acids is 1. The summed E-state index contributed by atoms with van der Waals surface area (Å²) >= 11 is 0. The summed E-state index contributed by atoms with van der Waals surface area (Å²) in [5, 5.41) is 10.4. The Balaban J connectivity index is 2.76. The molecule has 0 aliphatic carbocycles. The molecule has 5 nitrogen and oxygen atoms in total. The average molecular weight is 143 g/mol. The van der Waals surface area contributed by atoms with Gasteiger partial charge in [-0.3, -0.25) is 4.79 Å². The third kappa shape index (κ3) is 1.48. The van der Waals surface area contributed by atoms with Crippen molar-refractivity contribution >= 4 is 5.97 Å². The molecule has 0 fully saturated rings. The number of hydrogen-bond donors (Lipinski definition) is 2. The predicted octanol–water partition coefficient (Wildman–Crippen LogP) is -0.405. The van der Waals surface area contributed by atoms with Gasteiger partial charge < -0.3 is 9.63 Å². The molecular formula is C5H5NO4. The number of aromatic nitrogens is 1. The van der Waals surface area contributed by atoms with Crippen LogP contribution in [0.5, 0.6) is 0 Å². The predicted molar refractivity (Wildman–Crippen MR) is 30.7 cm³/mol. The van der Waals surface area contributed by atoms with Gasteiger partial charge in [-0.2, -0.15) is 0 Å². The van der Waals surface area contributed by atoms with Crippen molar-refractivity contribution in [2.45, 2.75) is 6.42 Å². The first-order valence-corrected chi connectivity index (χ1v) is 2.57. The van der Waals surface area contributed by atoms with E-state index < -0.39 is 11.6 Å². The molecule has 0 radical (unpaired) electrons. The van der Waals surface area contributed by atoms with Crippen LogP contribution in [-0.4, -0.2) is 16.2 Å². The van der Waals surface area contributed by atoms with Crippen LogP contribution in [0.4, 0.5) is 0 Å². The fourth-order valence-corrected chi connectivity index (χ4v) is 0.567. The van der Waals surface area contributed by atoms with E-state index in [0.717, 1.165) is 6.07 Å². The summed E-state index contributed by atoms with van der Waals surface area (Å²) in [6.07, 6.45) is -0.217. The van der Waals surface area contributed by atoms with Gasteiger partial charge in [0.25, 0.3) is 0 Å². The Bertz CT molecular complexity index is 284. The lowest BCUT2D eigenvalue weighted by atomic mass is 10.3. The molecule has 10 heavy (non-hydrogen) atoms. The number of aliphatic carboxylic acids is 1. The molecule has 1 aromatic rings. The van der Waals surface area contributed by atoms with Crippen LogP contribution >= 0.6 is 0 Å². The summed E-state index contributed by atoms with van der Waals surface area (Å²) < 4.78 is 4.22. The summed E-state index contributed by atoms with van der Waals surface area (Å²) in [6, 6.07) is 1.11. The van der Waals surface area contributed by atoms with Crippen molar-refractivity contribution in [3.05, 3.63) is 22.2 Å². The van der Waals surface area contributed by atoms with Crippen LogP contribution in [0.3, 0.4) is 0 Å². The van der Waals surface area contributed by atoms with Gasteiger partial charge in [0.2, 0.25) is 0 Å². The SMILES string of the molecule is O=C(O)Cc1cc(=O)o[nH]1. The third-order valence-corrected chi connectivity index (χ3v) is 0.916. The van der Waals surface area contributed by atoms with Crippen molar-refractivity contribution in [3.63, 3.8) is 0 Å². The Morgan fingerprint density at radius 1 is 1.80 bits per heavy atom. The fourth-order valence-electron chi connectivity index (χ4n) is 0.567. The number of carboxylic acid groups (broad SMARTS) is 1. The van der Waals surface area contributed by atoms with Crippen molar-refractivity contribution in [1.29, 1.82) is 0 Å². The second-order valence-electron chi connectivity index (χ2n) is 1.76. The van der Waals surface area contributed by atoms with Crippen molar-refractivity contribution in [2.75, 3.05) is 0 Å². The van der Waals surface area contributed by atoms with Gasteiger partial charge in [-0.25, -0.2) is 9.95 Å². The third-order valence-electron chi connectivity index (χ3n) is 0.916. The van der Waals surface area contributed by atoms with Gasteiger partial charge in [0.1, 0.15) is 0 Å². The lowest BCUT2D eigenvalue weighted by molar-refractivity contribution is -0.136. The van der Waals surface area contributed by atoms with Gasteiger partial charge in [0.05, 0.1) is 12.1 Å². The molecule has 0 saturated heterocycles. The van der Waals surface area contributed by atoms with Crippen molar-refractivity contribution in [1.82, 2.24) is 5.16 Å². The van der Waals surface area contributed by atoms with Gasteiger partial charge in [-0.1, -0.05) is 0 Å². The standard InChI is InChI=1S/C5H5NO4/c7-4(8)1-3-2-5(9)10-6-3/h2,6H,1H2,(H,7,8). The minimum Gasteiger partial charge on any atom is -0.481 e. The van der Waals surface area contributed by atoms with E-state index in [2.05, 4.69) is 9.68 Å². The van der Waals surface area contributed by atoms with E-state index in [0.29, 0.717) is 0 Å². The monoisotopic (exact) mass is 143 g/mol. The average Bonchev–Trinajstić information content (AvgIpc) is 2.13. The number of hydrogen-bond acceptors (Lipinski definition) is 3. The van der Waals surface area contributed by atoms with Gasteiger partial charge in [-0.15, -0.1) is 0 Å². The molecule has 54 valence electrons. The molecule has 0 aromatic carbocycles. The molecule has 2 N–H and O–H groups in total. The second-order valence-corrected chi connectivity index (χ2v) is 1.76. The molecule has 0 amide bonds. The topological polar surface area (TPSA) is 83.3 Å². The maximum atomic E-state index is 10.3. The zero-order chi connectivity index (χ0) is 7.56. The van der Waals surface area contributed by atoms with Crippen LogP contribution < -0.4 is 5.63 Å². The maximum Gasteiger partial charge on any atom is 0.357 e. The van der Waals surface area contributed by atoms with E-state index in [1.165, 1.54) is 0 Å². The molecule has 1 aromatic heterocycles. The van der Waals surface area contributed by atoms with Crippen molar-refractivity contribution in [2.24, 2.45) is 0 Å². The lowest BCUT2D eigenvalue weighted by Crippen LogP contribution is -2.00. The van der Waals surface area contributed by atoms with Crippen LogP contribution in [0.1, 0.15) is 5.69 Å². The van der Waals surface area contributed by atoms with Crippen LogP contribution in [0.2, 0.25) is 0 Å². The normalized spacial score (nSPS) is 9.60. The molecule has 1 rings (SSSR count). The smallest absolute Gasteiger partial charge is 0.357 e. The minimum atomic E-state index is -1.00. The highest BCUT2D eigenvalue weighted by Gasteiger charge is 2.02. The summed E-state index contributed by atoms with van der Waals surface area (Å²) in [6.45, 7) is 0. The molecule has 0 unspecified atom stereocenters. The Hall–Kier alpha value is -1.52. The number of H-pyrrole nitrogens is 1. The second kappa shape index (κ2) is 2.38. The summed E-state index contributed by atoms with van der Waals surface area (Å²) in [4.78, 5) is 20.3. The number of aromatic amines is 1. The van der Waals surface area contributed by atoms with Crippen LogP contribution in [-0.2, 0) is 11.2 Å². The first kappa shape index (κ1) is 6.60. The van der Waals surface area contributed by atoms with Crippen LogP contribution in [0.15, 0.2) is 15.4 Å². The zero-order valence-electron chi connectivity index (χ0n) is 4.96. The van der Waals surface area contributed by atoms with Gasteiger partial charge >= 0.3 is 11.6 Å². The van der Waals surface area contributed by atoms with Gasteiger partial charge in [0, 0.05) is 6.07 Å². The first-order chi connectivity index (χ1) is 4.68. The van der Waals surface area contributed by atoms with E-state index >= 15 is 0 Å². The molecule has 5 heteroatoms. The molecule has 0 aliphatic rings. The molecule has 1 heterocycles. The molecule has 0 aliphatic heterocycles. The maximum absolute atomic E-state index is 10.3. The highest BCUT2D eigenvalue weighted by Crippen LogP contribution is 1.89. The molecule has 0 bridgehead atoms. The fraction of sp³-hybridized carbons (Fsp3) is 0.200. The lowest BCUT2D eigenvalue weighted by Gasteiger charge is -1.84. The summed E-state index contributed by atoms with van der Waals surface area (Å²) in [7, 11) is 0. The van der Waals surface area contributed by atoms with E-state index in [1.54, 1.807) is 0 Å². The van der Waals surface area contributed by atoms with E-state index in [4.69, 9.17) is 5.11 Å². The Labute approximate surface area is 55.2 Å². The summed E-state index contributed by atoms with van der Waals surface area (Å²) in [5.74, 6) is -1.00. The first-order valence-electron chi connectivity index (χ1n) is 2.57. The quantitative estimate of drug-likeness (QED) is 0.589. The number of rotatable bonds is 2. The van der Waals surface area contributed by atoms with Crippen LogP contribution in [0, 0.1) is 0 Å². The minimum absolute atomic E-state index is 0.217.